The van der Waals surface area contributed by atoms with E-state index >= 15 is 0 Å². The van der Waals surface area contributed by atoms with Gasteiger partial charge >= 0.3 is 5.97 Å². The van der Waals surface area contributed by atoms with Crippen LogP contribution in [0.1, 0.15) is 56.1 Å². The summed E-state index contributed by atoms with van der Waals surface area (Å²) in [5.41, 5.74) is 3.04. The average Bonchev–Trinajstić information content (AvgIpc) is 2.66. The van der Waals surface area contributed by atoms with Crippen LogP contribution < -0.4 is 10.6 Å². The molecule has 6 heteroatoms. The van der Waals surface area contributed by atoms with E-state index in [1.54, 1.807) is 24.3 Å². The van der Waals surface area contributed by atoms with E-state index in [-0.39, 0.29) is 11.3 Å². The molecule has 0 aliphatic carbocycles. The summed E-state index contributed by atoms with van der Waals surface area (Å²) in [5, 5.41) is 5.44. The Bertz CT molecular complexity index is 865. The van der Waals surface area contributed by atoms with Crippen molar-refractivity contribution in [1.82, 2.24) is 5.32 Å². The van der Waals surface area contributed by atoms with Gasteiger partial charge in [0.1, 0.15) is 0 Å². The predicted octanol–water partition coefficient (Wildman–Crippen LogP) is 3.80. The first-order valence-electron chi connectivity index (χ1n) is 9.52. The molecule has 154 valence electrons. The first-order valence-corrected chi connectivity index (χ1v) is 9.52. The first-order chi connectivity index (χ1) is 13.6. The molecule has 0 fully saturated rings. The molecule has 6 nitrogen and oxygen atoms in total. The summed E-state index contributed by atoms with van der Waals surface area (Å²) in [6.45, 7) is 9.72. The molecule has 0 heterocycles. The molecule has 0 bridgehead atoms. The van der Waals surface area contributed by atoms with Gasteiger partial charge < -0.3 is 15.4 Å². The third kappa shape index (κ3) is 6.75. The maximum atomic E-state index is 12.3. The van der Waals surface area contributed by atoms with E-state index in [9.17, 15) is 14.4 Å². The van der Waals surface area contributed by atoms with Crippen molar-refractivity contribution >= 4 is 23.5 Å². The van der Waals surface area contributed by atoms with Gasteiger partial charge in [-0.15, -0.1) is 0 Å². The van der Waals surface area contributed by atoms with Crippen molar-refractivity contribution in [2.75, 3.05) is 5.32 Å². The monoisotopic (exact) mass is 396 g/mol. The van der Waals surface area contributed by atoms with Crippen molar-refractivity contribution in [2.45, 2.75) is 52.7 Å². The zero-order chi connectivity index (χ0) is 21.6. The average molecular weight is 396 g/mol. The standard InChI is InChI=1S/C23H28N2O4/c1-15(21(27)25-20-12-10-19(11-13-20)23(3,4)5)29-22(28)18-8-6-17(7-9-18)14-24-16(2)26/h6-13,15H,14H2,1-5H3,(H,24,26)(H,25,27). The van der Waals surface area contributed by atoms with Gasteiger partial charge in [0.2, 0.25) is 5.91 Å². The quantitative estimate of drug-likeness (QED) is 0.728. The molecule has 0 aliphatic rings. The van der Waals surface area contributed by atoms with Crippen LogP contribution in [-0.2, 0) is 26.3 Å². The molecule has 2 rings (SSSR count). The summed E-state index contributed by atoms with van der Waals surface area (Å²) in [7, 11) is 0. The lowest BCUT2D eigenvalue weighted by Gasteiger charge is -2.19. The Labute approximate surface area is 171 Å². The van der Waals surface area contributed by atoms with Crippen LogP contribution in [0.5, 0.6) is 0 Å². The number of ether oxygens (including phenoxy) is 1. The zero-order valence-corrected chi connectivity index (χ0v) is 17.5. The Kier molecular flexibility index (Phi) is 7.15. The number of anilines is 1. The maximum Gasteiger partial charge on any atom is 0.338 e. The Morgan fingerprint density at radius 3 is 2.07 bits per heavy atom. The Balaban J connectivity index is 1.91. The number of carbonyl (C=O) groups is 3. The Hall–Kier alpha value is -3.15. The highest BCUT2D eigenvalue weighted by molar-refractivity contribution is 5.97. The minimum Gasteiger partial charge on any atom is -0.449 e. The predicted molar refractivity (Wildman–Crippen MR) is 113 cm³/mol. The SMILES string of the molecule is CC(=O)NCc1ccc(C(=O)OC(C)C(=O)Nc2ccc(C(C)(C)C)cc2)cc1. The van der Waals surface area contributed by atoms with Gasteiger partial charge in [-0.25, -0.2) is 4.79 Å². The van der Waals surface area contributed by atoms with Crippen molar-refractivity contribution in [3.8, 4) is 0 Å². The van der Waals surface area contributed by atoms with E-state index in [1.165, 1.54) is 13.8 Å². The summed E-state index contributed by atoms with van der Waals surface area (Å²) in [6.07, 6.45) is -0.941. The molecule has 2 N–H and O–H groups in total. The van der Waals surface area contributed by atoms with Gasteiger partial charge in [-0.2, -0.15) is 0 Å². The molecule has 0 spiro atoms. The number of nitrogens with one attached hydrogen (secondary N) is 2. The van der Waals surface area contributed by atoms with Crippen LogP contribution in [0.15, 0.2) is 48.5 Å². The molecule has 29 heavy (non-hydrogen) atoms. The van der Waals surface area contributed by atoms with Gasteiger partial charge in [0.05, 0.1) is 5.56 Å². The van der Waals surface area contributed by atoms with Crippen LogP contribution in [0, 0.1) is 0 Å². The number of amides is 2. The summed E-state index contributed by atoms with van der Waals surface area (Å²) in [5.74, 6) is -1.10. The van der Waals surface area contributed by atoms with Crippen molar-refractivity contribution in [2.24, 2.45) is 0 Å². The van der Waals surface area contributed by atoms with Crippen molar-refractivity contribution in [3.05, 3.63) is 65.2 Å². The normalized spacial score (nSPS) is 12.0. The largest absolute Gasteiger partial charge is 0.449 e. The van der Waals surface area contributed by atoms with Gasteiger partial charge in [-0.05, 0) is 47.7 Å². The molecule has 0 aliphatic heterocycles. The van der Waals surface area contributed by atoms with Crippen LogP contribution in [0.2, 0.25) is 0 Å². The lowest BCUT2D eigenvalue weighted by molar-refractivity contribution is -0.123. The maximum absolute atomic E-state index is 12.3. The van der Waals surface area contributed by atoms with E-state index in [0.29, 0.717) is 17.8 Å². The minimum atomic E-state index is -0.941. The Morgan fingerprint density at radius 1 is 0.966 bits per heavy atom. The second-order valence-corrected chi connectivity index (χ2v) is 7.97. The van der Waals surface area contributed by atoms with Crippen LogP contribution >= 0.6 is 0 Å². The number of rotatable bonds is 6. The molecule has 0 saturated carbocycles. The summed E-state index contributed by atoms with van der Waals surface area (Å²) >= 11 is 0. The lowest BCUT2D eigenvalue weighted by Crippen LogP contribution is -2.30. The molecule has 1 unspecified atom stereocenters. The lowest BCUT2D eigenvalue weighted by atomic mass is 9.87. The van der Waals surface area contributed by atoms with Crippen LogP contribution in [0.4, 0.5) is 5.69 Å². The molecule has 0 saturated heterocycles. The molecular formula is C23H28N2O4. The van der Waals surface area contributed by atoms with Crippen LogP contribution in [0.3, 0.4) is 0 Å². The van der Waals surface area contributed by atoms with Gasteiger partial charge in [0.15, 0.2) is 6.10 Å². The van der Waals surface area contributed by atoms with Crippen molar-refractivity contribution in [3.63, 3.8) is 0 Å². The Morgan fingerprint density at radius 2 is 1.55 bits per heavy atom. The van der Waals surface area contributed by atoms with E-state index in [0.717, 1.165) is 11.1 Å². The molecule has 2 amide bonds. The first kappa shape index (κ1) is 22.1. The fourth-order valence-corrected chi connectivity index (χ4v) is 2.56. The highest BCUT2D eigenvalue weighted by atomic mass is 16.5. The van der Waals surface area contributed by atoms with Crippen LogP contribution in [0.25, 0.3) is 0 Å². The van der Waals surface area contributed by atoms with Gasteiger partial charge in [-0.1, -0.05) is 45.0 Å². The molecule has 0 radical (unpaired) electrons. The van der Waals surface area contributed by atoms with E-state index < -0.39 is 18.0 Å². The molecule has 2 aromatic rings. The van der Waals surface area contributed by atoms with Gasteiger partial charge in [0, 0.05) is 19.2 Å². The highest BCUT2D eigenvalue weighted by Gasteiger charge is 2.19. The molecule has 0 aromatic heterocycles. The zero-order valence-electron chi connectivity index (χ0n) is 17.5. The number of hydrogen-bond acceptors (Lipinski definition) is 4. The van der Waals surface area contributed by atoms with Gasteiger partial charge in [-0.3, -0.25) is 9.59 Å². The smallest absolute Gasteiger partial charge is 0.338 e. The van der Waals surface area contributed by atoms with Crippen molar-refractivity contribution < 1.29 is 19.1 Å². The molecular weight excluding hydrogens is 368 g/mol. The molecule has 2 aromatic carbocycles. The summed E-state index contributed by atoms with van der Waals surface area (Å²) < 4.78 is 5.27. The second kappa shape index (κ2) is 9.37. The van der Waals surface area contributed by atoms with Crippen LogP contribution in [-0.4, -0.2) is 23.9 Å². The van der Waals surface area contributed by atoms with Crippen molar-refractivity contribution in [1.29, 1.82) is 0 Å². The number of hydrogen-bond donors (Lipinski definition) is 2. The highest BCUT2D eigenvalue weighted by Crippen LogP contribution is 2.23. The third-order valence-electron chi connectivity index (χ3n) is 4.40. The summed E-state index contributed by atoms with van der Waals surface area (Å²) in [6, 6.07) is 14.3. The van der Waals surface area contributed by atoms with E-state index in [1.807, 2.05) is 24.3 Å². The minimum absolute atomic E-state index is 0.0308. The second-order valence-electron chi connectivity index (χ2n) is 7.97. The fraction of sp³-hybridized carbons (Fsp3) is 0.348. The fourth-order valence-electron chi connectivity index (χ4n) is 2.56. The molecule has 1 atom stereocenters. The topological polar surface area (TPSA) is 84.5 Å². The summed E-state index contributed by atoms with van der Waals surface area (Å²) in [4.78, 5) is 35.6. The third-order valence-corrected chi connectivity index (χ3v) is 4.40. The number of benzene rings is 2. The van der Waals surface area contributed by atoms with E-state index in [2.05, 4.69) is 31.4 Å². The number of carbonyl (C=O) groups excluding carboxylic acids is 3. The van der Waals surface area contributed by atoms with Gasteiger partial charge in [0.25, 0.3) is 5.91 Å². The number of esters is 1. The van der Waals surface area contributed by atoms with E-state index in [4.69, 9.17) is 4.74 Å².